The van der Waals surface area contributed by atoms with Crippen LogP contribution in [0.4, 0.5) is 5.69 Å². The number of benzene rings is 1. The first-order chi connectivity index (χ1) is 8.73. The van der Waals surface area contributed by atoms with Gasteiger partial charge < -0.3 is 15.2 Å². The van der Waals surface area contributed by atoms with Gasteiger partial charge in [0.15, 0.2) is 0 Å². The standard InChI is InChI=1S/C15H23NO2S/c1-14(2)9-13(15(3,4)18-14)19-12-7-6-10(16)8-11(12)17-5/h6-8,13H,9,16H2,1-5H3. The third kappa shape index (κ3) is 3.18. The summed E-state index contributed by atoms with van der Waals surface area (Å²) in [6, 6.07) is 5.81. The van der Waals surface area contributed by atoms with Gasteiger partial charge in [-0.2, -0.15) is 0 Å². The molecule has 1 aromatic carbocycles. The van der Waals surface area contributed by atoms with Gasteiger partial charge in [-0.25, -0.2) is 0 Å². The lowest BCUT2D eigenvalue weighted by atomic mass is 10.0. The number of nitrogen functional groups attached to an aromatic ring is 1. The average molecular weight is 281 g/mol. The molecule has 0 bridgehead atoms. The van der Waals surface area contributed by atoms with Crippen LogP contribution in [0.5, 0.6) is 5.75 Å². The van der Waals surface area contributed by atoms with Crippen LogP contribution in [-0.4, -0.2) is 23.6 Å². The second kappa shape index (κ2) is 4.91. The van der Waals surface area contributed by atoms with Gasteiger partial charge in [-0.1, -0.05) is 0 Å². The number of nitrogens with two attached hydrogens (primary N) is 1. The molecule has 0 aliphatic carbocycles. The molecule has 2 rings (SSSR count). The highest BCUT2D eigenvalue weighted by molar-refractivity contribution is 8.00. The van der Waals surface area contributed by atoms with Gasteiger partial charge >= 0.3 is 0 Å². The zero-order valence-corrected chi connectivity index (χ0v) is 13.1. The normalized spacial score (nSPS) is 24.4. The zero-order chi connectivity index (χ0) is 14.3. The van der Waals surface area contributed by atoms with E-state index in [2.05, 4.69) is 27.7 Å². The van der Waals surface area contributed by atoms with E-state index in [-0.39, 0.29) is 11.2 Å². The van der Waals surface area contributed by atoms with Crippen LogP contribution in [0.3, 0.4) is 0 Å². The maximum Gasteiger partial charge on any atom is 0.134 e. The molecular formula is C15H23NO2S. The Morgan fingerprint density at radius 3 is 2.53 bits per heavy atom. The Balaban J connectivity index is 2.22. The fraction of sp³-hybridized carbons (Fsp3) is 0.600. The molecule has 0 spiro atoms. The van der Waals surface area contributed by atoms with Crippen LogP contribution >= 0.6 is 11.8 Å². The predicted molar refractivity (Wildman–Crippen MR) is 80.9 cm³/mol. The van der Waals surface area contributed by atoms with Crippen molar-refractivity contribution in [1.29, 1.82) is 0 Å². The number of ether oxygens (including phenoxy) is 2. The molecule has 1 aliphatic rings. The van der Waals surface area contributed by atoms with Gasteiger partial charge in [-0.05, 0) is 46.2 Å². The Labute approximate surface area is 119 Å². The monoisotopic (exact) mass is 281 g/mol. The minimum atomic E-state index is -0.138. The largest absolute Gasteiger partial charge is 0.496 e. The van der Waals surface area contributed by atoms with Gasteiger partial charge in [-0.3, -0.25) is 0 Å². The summed E-state index contributed by atoms with van der Waals surface area (Å²) in [5, 5.41) is 0.403. The van der Waals surface area contributed by atoms with E-state index in [0.717, 1.165) is 22.8 Å². The highest BCUT2D eigenvalue weighted by Gasteiger charge is 2.46. The Morgan fingerprint density at radius 1 is 1.32 bits per heavy atom. The number of hydrogen-bond donors (Lipinski definition) is 1. The van der Waals surface area contributed by atoms with E-state index in [1.165, 1.54) is 0 Å². The summed E-state index contributed by atoms with van der Waals surface area (Å²) in [7, 11) is 1.68. The molecule has 1 fully saturated rings. The number of hydrogen-bond acceptors (Lipinski definition) is 4. The molecule has 1 unspecified atom stereocenters. The third-order valence-corrected chi connectivity index (χ3v) is 5.06. The molecule has 3 nitrogen and oxygen atoms in total. The Hall–Kier alpha value is -0.870. The quantitative estimate of drug-likeness (QED) is 0.858. The maximum absolute atomic E-state index is 6.13. The summed E-state index contributed by atoms with van der Waals surface area (Å²) in [4.78, 5) is 1.12. The summed E-state index contributed by atoms with van der Waals surface area (Å²) in [5.41, 5.74) is 6.31. The molecule has 0 amide bonds. The van der Waals surface area contributed by atoms with Crippen LogP contribution in [0.1, 0.15) is 34.1 Å². The fourth-order valence-electron chi connectivity index (χ4n) is 2.63. The molecule has 4 heteroatoms. The molecule has 19 heavy (non-hydrogen) atoms. The first kappa shape index (κ1) is 14.5. The minimum absolute atomic E-state index is 0.0673. The molecule has 0 saturated carbocycles. The first-order valence-corrected chi connectivity index (χ1v) is 7.42. The summed E-state index contributed by atoms with van der Waals surface area (Å²) in [5.74, 6) is 0.838. The molecule has 106 valence electrons. The van der Waals surface area contributed by atoms with Crippen molar-refractivity contribution >= 4 is 17.4 Å². The van der Waals surface area contributed by atoms with Gasteiger partial charge in [0.2, 0.25) is 0 Å². The highest BCUT2D eigenvalue weighted by Crippen LogP contribution is 2.47. The zero-order valence-electron chi connectivity index (χ0n) is 12.3. The van der Waals surface area contributed by atoms with Crippen molar-refractivity contribution in [3.8, 4) is 5.75 Å². The molecule has 1 heterocycles. The van der Waals surface area contributed by atoms with E-state index in [9.17, 15) is 0 Å². The van der Waals surface area contributed by atoms with E-state index >= 15 is 0 Å². The Bertz CT molecular complexity index is 471. The molecule has 1 aliphatic heterocycles. The minimum Gasteiger partial charge on any atom is -0.496 e. The van der Waals surface area contributed by atoms with Gasteiger partial charge in [0, 0.05) is 21.9 Å². The third-order valence-electron chi connectivity index (χ3n) is 3.45. The van der Waals surface area contributed by atoms with Gasteiger partial charge in [0.25, 0.3) is 0 Å². The van der Waals surface area contributed by atoms with Crippen molar-refractivity contribution < 1.29 is 9.47 Å². The molecule has 0 radical (unpaired) electrons. The Morgan fingerprint density at radius 2 is 2.00 bits per heavy atom. The summed E-state index contributed by atoms with van der Waals surface area (Å²) in [6.07, 6.45) is 1.03. The number of methoxy groups -OCH3 is 1. The van der Waals surface area contributed by atoms with Gasteiger partial charge in [0.05, 0.1) is 18.3 Å². The predicted octanol–water partition coefficient (Wildman–Crippen LogP) is 3.72. The SMILES string of the molecule is COc1cc(N)ccc1SC1CC(C)(C)OC1(C)C. The van der Waals surface area contributed by atoms with Crippen LogP contribution in [0.2, 0.25) is 0 Å². The molecule has 1 saturated heterocycles. The number of rotatable bonds is 3. The van der Waals surface area contributed by atoms with Crippen LogP contribution in [-0.2, 0) is 4.74 Å². The summed E-state index contributed by atoms with van der Waals surface area (Å²) in [6.45, 7) is 8.61. The fourth-order valence-corrected chi connectivity index (χ4v) is 4.16. The lowest BCUT2D eigenvalue weighted by Crippen LogP contribution is -2.30. The smallest absolute Gasteiger partial charge is 0.134 e. The Kier molecular flexibility index (Phi) is 3.76. The van der Waals surface area contributed by atoms with Crippen molar-refractivity contribution in [3.63, 3.8) is 0 Å². The van der Waals surface area contributed by atoms with Crippen molar-refractivity contribution in [2.24, 2.45) is 0 Å². The van der Waals surface area contributed by atoms with Crippen molar-refractivity contribution in [3.05, 3.63) is 18.2 Å². The van der Waals surface area contributed by atoms with E-state index in [1.807, 2.05) is 30.0 Å². The number of thioether (sulfide) groups is 1. The van der Waals surface area contributed by atoms with E-state index < -0.39 is 0 Å². The van der Waals surface area contributed by atoms with Gasteiger partial charge in [0.1, 0.15) is 5.75 Å². The van der Waals surface area contributed by atoms with Crippen LogP contribution in [0, 0.1) is 0 Å². The molecule has 0 aromatic heterocycles. The lowest BCUT2D eigenvalue weighted by Gasteiger charge is -2.27. The van der Waals surface area contributed by atoms with Crippen LogP contribution in [0.15, 0.2) is 23.1 Å². The highest BCUT2D eigenvalue weighted by atomic mass is 32.2. The molecule has 1 atom stereocenters. The number of anilines is 1. The topological polar surface area (TPSA) is 44.5 Å². The maximum atomic E-state index is 6.13. The van der Waals surface area contributed by atoms with Crippen molar-refractivity contribution in [2.75, 3.05) is 12.8 Å². The summed E-state index contributed by atoms with van der Waals surface area (Å²) < 4.78 is 11.5. The second-order valence-electron chi connectivity index (χ2n) is 6.19. The summed E-state index contributed by atoms with van der Waals surface area (Å²) >= 11 is 1.81. The average Bonchev–Trinajstić information content (AvgIpc) is 2.49. The second-order valence-corrected chi connectivity index (χ2v) is 7.43. The van der Waals surface area contributed by atoms with E-state index in [1.54, 1.807) is 7.11 Å². The first-order valence-electron chi connectivity index (χ1n) is 6.54. The van der Waals surface area contributed by atoms with E-state index in [0.29, 0.717) is 5.25 Å². The molecular weight excluding hydrogens is 258 g/mol. The lowest BCUT2D eigenvalue weighted by molar-refractivity contribution is -0.0631. The molecule has 2 N–H and O–H groups in total. The van der Waals surface area contributed by atoms with E-state index in [4.69, 9.17) is 15.2 Å². The van der Waals surface area contributed by atoms with Crippen LogP contribution in [0.25, 0.3) is 0 Å². The van der Waals surface area contributed by atoms with Crippen molar-refractivity contribution in [1.82, 2.24) is 0 Å². The van der Waals surface area contributed by atoms with Crippen molar-refractivity contribution in [2.45, 2.75) is 55.5 Å². The van der Waals surface area contributed by atoms with Crippen LogP contribution < -0.4 is 10.5 Å². The molecule has 1 aromatic rings. The van der Waals surface area contributed by atoms with Gasteiger partial charge in [-0.15, -0.1) is 11.8 Å².